The van der Waals surface area contributed by atoms with Gasteiger partial charge in [0, 0.05) is 33.2 Å². The average Bonchev–Trinajstić information content (AvgIpc) is 2.76. The van der Waals surface area contributed by atoms with Crippen LogP contribution in [0.5, 0.6) is 0 Å². The number of methoxy groups -OCH3 is 1. The van der Waals surface area contributed by atoms with Crippen molar-refractivity contribution in [2.24, 2.45) is 5.73 Å². The lowest BCUT2D eigenvalue weighted by atomic mass is 9.99. The number of nitrogens with zero attached hydrogens (tertiary/aromatic N) is 2. The van der Waals surface area contributed by atoms with Gasteiger partial charge in [0.05, 0.1) is 11.8 Å². The summed E-state index contributed by atoms with van der Waals surface area (Å²) < 4.78 is 10.8. The van der Waals surface area contributed by atoms with Crippen molar-refractivity contribution in [3.8, 4) is 0 Å². The van der Waals surface area contributed by atoms with Crippen molar-refractivity contribution >= 4 is 5.91 Å². The normalized spacial score (nSPS) is 23.7. The molecule has 1 aliphatic rings. The summed E-state index contributed by atoms with van der Waals surface area (Å²) in [7, 11) is 1.69. The molecule has 0 spiro atoms. The van der Waals surface area contributed by atoms with Crippen LogP contribution in [0.3, 0.4) is 0 Å². The number of nitrogens with two attached hydrogens (primary N) is 1. The van der Waals surface area contributed by atoms with E-state index < -0.39 is 0 Å². The molecule has 2 unspecified atom stereocenters. The molecule has 1 fully saturated rings. The Bertz CT molecular complexity index is 458. The van der Waals surface area contributed by atoms with Gasteiger partial charge >= 0.3 is 0 Å². The molecule has 1 aliphatic heterocycles. The van der Waals surface area contributed by atoms with Gasteiger partial charge in [0.25, 0.3) is 5.91 Å². The Hall–Kier alpha value is -1.40. The van der Waals surface area contributed by atoms with Crippen LogP contribution in [0.1, 0.15) is 35.0 Å². The van der Waals surface area contributed by atoms with Crippen LogP contribution >= 0.6 is 0 Å². The highest BCUT2D eigenvalue weighted by Gasteiger charge is 2.33. The van der Waals surface area contributed by atoms with E-state index in [0.29, 0.717) is 30.4 Å². The van der Waals surface area contributed by atoms with E-state index in [4.69, 9.17) is 14.9 Å². The van der Waals surface area contributed by atoms with Gasteiger partial charge < -0.3 is 19.8 Å². The summed E-state index contributed by atoms with van der Waals surface area (Å²) in [4.78, 5) is 18.4. The fourth-order valence-corrected chi connectivity index (χ4v) is 2.58. The van der Waals surface area contributed by atoms with Crippen LogP contribution in [-0.4, -0.2) is 48.1 Å². The maximum absolute atomic E-state index is 12.5. The van der Waals surface area contributed by atoms with E-state index in [2.05, 4.69) is 4.98 Å². The molecule has 0 aromatic carbocycles. The van der Waals surface area contributed by atoms with Crippen LogP contribution in [0.4, 0.5) is 0 Å². The number of hydrogen-bond acceptors (Lipinski definition) is 5. The van der Waals surface area contributed by atoms with Crippen molar-refractivity contribution in [2.45, 2.75) is 38.8 Å². The third kappa shape index (κ3) is 2.79. The molecule has 0 aliphatic carbocycles. The van der Waals surface area contributed by atoms with Gasteiger partial charge in [0.15, 0.2) is 5.89 Å². The quantitative estimate of drug-likeness (QED) is 0.878. The van der Waals surface area contributed by atoms with Gasteiger partial charge in [-0.2, -0.15) is 0 Å². The minimum atomic E-state index is -0.122. The molecule has 2 heterocycles. The summed E-state index contributed by atoms with van der Waals surface area (Å²) in [5, 5.41) is 0. The maximum Gasteiger partial charge on any atom is 0.291 e. The first kappa shape index (κ1) is 14.0. The Balaban J connectivity index is 2.16. The lowest BCUT2D eigenvalue weighted by Crippen LogP contribution is -2.51. The fraction of sp³-hybridized carbons (Fsp3) is 0.692. The predicted octanol–water partition coefficient (Wildman–Crippen LogP) is 0.870. The van der Waals surface area contributed by atoms with Crippen LogP contribution in [0.15, 0.2) is 4.42 Å². The second kappa shape index (κ2) is 5.71. The SMILES string of the molecule is COC1CCN(C(=O)c2oc(C)nc2C)C(CN)C1. The number of oxazole rings is 1. The molecule has 1 aromatic heterocycles. The van der Waals surface area contributed by atoms with Gasteiger partial charge in [-0.1, -0.05) is 0 Å². The summed E-state index contributed by atoms with van der Waals surface area (Å²) in [5.41, 5.74) is 6.41. The summed E-state index contributed by atoms with van der Waals surface area (Å²) in [5.74, 6) is 0.715. The third-order valence-corrected chi connectivity index (χ3v) is 3.63. The van der Waals surface area contributed by atoms with Crippen LogP contribution in [0, 0.1) is 13.8 Å². The maximum atomic E-state index is 12.5. The standard InChI is InChI=1S/C13H21N3O3/c1-8-12(19-9(2)15-8)13(17)16-5-4-11(18-3)6-10(16)7-14/h10-11H,4-7,14H2,1-3H3. The monoisotopic (exact) mass is 267 g/mol. The highest BCUT2D eigenvalue weighted by atomic mass is 16.5. The van der Waals surface area contributed by atoms with Crippen molar-refractivity contribution < 1.29 is 13.9 Å². The van der Waals surface area contributed by atoms with Crippen molar-refractivity contribution in [1.29, 1.82) is 0 Å². The Morgan fingerprint density at radius 2 is 2.32 bits per heavy atom. The molecule has 2 atom stereocenters. The van der Waals surface area contributed by atoms with Gasteiger partial charge in [0.1, 0.15) is 0 Å². The number of carbonyl (C=O) groups is 1. The Labute approximate surface area is 112 Å². The first-order chi connectivity index (χ1) is 9.06. The largest absolute Gasteiger partial charge is 0.436 e. The van der Waals surface area contributed by atoms with E-state index in [1.54, 1.807) is 25.9 Å². The Morgan fingerprint density at radius 1 is 1.58 bits per heavy atom. The molecule has 0 saturated carbocycles. The summed E-state index contributed by atoms with van der Waals surface area (Å²) in [6, 6.07) is -0.00370. The minimum Gasteiger partial charge on any atom is -0.436 e. The Morgan fingerprint density at radius 3 is 2.84 bits per heavy atom. The molecule has 6 heteroatoms. The molecule has 1 aromatic rings. The third-order valence-electron chi connectivity index (χ3n) is 3.63. The zero-order valence-corrected chi connectivity index (χ0v) is 11.7. The van der Waals surface area contributed by atoms with E-state index in [1.807, 2.05) is 0 Å². The number of ether oxygens (including phenoxy) is 1. The van der Waals surface area contributed by atoms with E-state index in [-0.39, 0.29) is 18.1 Å². The Kier molecular flexibility index (Phi) is 4.21. The van der Waals surface area contributed by atoms with Gasteiger partial charge in [-0.3, -0.25) is 4.79 Å². The first-order valence-corrected chi connectivity index (χ1v) is 6.54. The lowest BCUT2D eigenvalue weighted by Gasteiger charge is -2.38. The molecule has 1 amide bonds. The molecular formula is C13H21N3O3. The van der Waals surface area contributed by atoms with E-state index in [1.165, 1.54) is 0 Å². The van der Waals surface area contributed by atoms with E-state index >= 15 is 0 Å². The first-order valence-electron chi connectivity index (χ1n) is 6.54. The number of aromatic nitrogens is 1. The van der Waals surface area contributed by atoms with Crippen molar-refractivity contribution in [1.82, 2.24) is 9.88 Å². The molecule has 106 valence electrons. The van der Waals surface area contributed by atoms with Crippen molar-refractivity contribution in [2.75, 3.05) is 20.2 Å². The fourth-order valence-electron chi connectivity index (χ4n) is 2.58. The van der Waals surface area contributed by atoms with Gasteiger partial charge in [-0.05, 0) is 19.8 Å². The minimum absolute atomic E-state index is 0.00370. The van der Waals surface area contributed by atoms with Gasteiger partial charge in [0.2, 0.25) is 5.76 Å². The van der Waals surface area contributed by atoms with Crippen LogP contribution in [0.2, 0.25) is 0 Å². The summed E-state index contributed by atoms with van der Waals surface area (Å²) in [6.45, 7) is 4.58. The second-order valence-electron chi connectivity index (χ2n) is 4.92. The predicted molar refractivity (Wildman–Crippen MR) is 69.9 cm³/mol. The number of rotatable bonds is 3. The zero-order valence-electron chi connectivity index (χ0n) is 11.7. The number of carbonyl (C=O) groups excluding carboxylic acids is 1. The smallest absolute Gasteiger partial charge is 0.291 e. The number of hydrogen-bond donors (Lipinski definition) is 1. The van der Waals surface area contributed by atoms with Crippen molar-refractivity contribution in [3.05, 3.63) is 17.3 Å². The summed E-state index contributed by atoms with van der Waals surface area (Å²) >= 11 is 0. The summed E-state index contributed by atoms with van der Waals surface area (Å²) in [6.07, 6.45) is 1.77. The zero-order chi connectivity index (χ0) is 14.0. The van der Waals surface area contributed by atoms with E-state index in [0.717, 1.165) is 12.8 Å². The van der Waals surface area contributed by atoms with Crippen LogP contribution in [0.25, 0.3) is 0 Å². The van der Waals surface area contributed by atoms with Crippen LogP contribution in [-0.2, 0) is 4.74 Å². The van der Waals surface area contributed by atoms with E-state index in [9.17, 15) is 4.79 Å². The molecule has 19 heavy (non-hydrogen) atoms. The highest BCUT2D eigenvalue weighted by Crippen LogP contribution is 2.22. The molecule has 2 rings (SSSR count). The number of likely N-dealkylation sites (tertiary alicyclic amines) is 1. The second-order valence-corrected chi connectivity index (χ2v) is 4.92. The molecule has 1 saturated heterocycles. The number of aryl methyl sites for hydroxylation is 2. The molecule has 2 N–H and O–H groups in total. The molecule has 0 bridgehead atoms. The molecule has 0 radical (unpaired) electrons. The molecular weight excluding hydrogens is 246 g/mol. The highest BCUT2D eigenvalue weighted by molar-refractivity contribution is 5.92. The number of piperidine rings is 1. The number of amides is 1. The van der Waals surface area contributed by atoms with Crippen molar-refractivity contribution in [3.63, 3.8) is 0 Å². The topological polar surface area (TPSA) is 81.6 Å². The van der Waals surface area contributed by atoms with Gasteiger partial charge in [-0.25, -0.2) is 4.98 Å². The molecule has 6 nitrogen and oxygen atoms in total. The lowest BCUT2D eigenvalue weighted by molar-refractivity contribution is 0.0123. The van der Waals surface area contributed by atoms with Crippen LogP contribution < -0.4 is 5.73 Å². The average molecular weight is 267 g/mol. The van der Waals surface area contributed by atoms with Gasteiger partial charge in [-0.15, -0.1) is 0 Å².